The van der Waals surface area contributed by atoms with Crippen LogP contribution in [0.4, 0.5) is 0 Å². The summed E-state index contributed by atoms with van der Waals surface area (Å²) in [6.07, 6.45) is 9.03. The van der Waals surface area contributed by atoms with Crippen LogP contribution < -0.4 is 5.32 Å². The summed E-state index contributed by atoms with van der Waals surface area (Å²) in [5.74, 6) is 0. The molecule has 0 saturated carbocycles. The lowest BCUT2D eigenvalue weighted by Gasteiger charge is -2.19. The first kappa shape index (κ1) is 14.6. The van der Waals surface area contributed by atoms with E-state index in [2.05, 4.69) is 49.6 Å². The van der Waals surface area contributed by atoms with Gasteiger partial charge in [-0.1, -0.05) is 62.9 Å². The molecular formula is C20H27N. The molecule has 0 radical (unpaired) electrons. The zero-order valence-corrected chi connectivity index (χ0v) is 13.4. The zero-order valence-electron chi connectivity index (χ0n) is 13.4. The molecule has 2 aromatic rings. The van der Waals surface area contributed by atoms with E-state index in [1.165, 1.54) is 55.9 Å². The quantitative estimate of drug-likeness (QED) is 0.690. The Kier molecular flexibility index (Phi) is 4.60. The topological polar surface area (TPSA) is 12.0 Å². The van der Waals surface area contributed by atoms with Gasteiger partial charge in [-0.15, -0.1) is 0 Å². The largest absolute Gasteiger partial charge is 0.313 e. The van der Waals surface area contributed by atoms with Gasteiger partial charge in [-0.25, -0.2) is 0 Å². The summed E-state index contributed by atoms with van der Waals surface area (Å²) >= 11 is 0. The lowest BCUT2D eigenvalue weighted by Crippen LogP contribution is -2.16. The van der Waals surface area contributed by atoms with Gasteiger partial charge in [-0.05, 0) is 53.8 Å². The SMILES string of the molecule is CCCCCCC(NC)c1ccc2c3c(cccc13)CC2. The molecule has 1 atom stereocenters. The molecule has 1 heteroatoms. The van der Waals surface area contributed by atoms with Crippen molar-refractivity contribution in [2.24, 2.45) is 0 Å². The molecule has 0 bridgehead atoms. The average molecular weight is 281 g/mol. The summed E-state index contributed by atoms with van der Waals surface area (Å²) in [6.45, 7) is 2.28. The monoisotopic (exact) mass is 281 g/mol. The minimum atomic E-state index is 0.492. The number of benzene rings is 2. The summed E-state index contributed by atoms with van der Waals surface area (Å²) in [5, 5.41) is 6.58. The summed E-state index contributed by atoms with van der Waals surface area (Å²) in [7, 11) is 2.10. The zero-order chi connectivity index (χ0) is 14.7. The highest BCUT2D eigenvalue weighted by Gasteiger charge is 2.19. The summed E-state index contributed by atoms with van der Waals surface area (Å²) in [4.78, 5) is 0. The van der Waals surface area contributed by atoms with Crippen LogP contribution in [-0.4, -0.2) is 7.05 Å². The normalized spacial score (nSPS) is 14.8. The lowest BCUT2D eigenvalue weighted by atomic mass is 9.93. The Labute approximate surface area is 128 Å². The summed E-state index contributed by atoms with van der Waals surface area (Å²) in [5.41, 5.74) is 4.59. The van der Waals surface area contributed by atoms with Crippen LogP contribution in [0.2, 0.25) is 0 Å². The first-order valence-corrected chi connectivity index (χ1v) is 8.55. The van der Waals surface area contributed by atoms with Gasteiger partial charge < -0.3 is 5.32 Å². The van der Waals surface area contributed by atoms with Crippen molar-refractivity contribution in [3.05, 3.63) is 47.0 Å². The smallest absolute Gasteiger partial charge is 0.0323 e. The maximum atomic E-state index is 3.55. The first-order chi connectivity index (χ1) is 10.3. The van der Waals surface area contributed by atoms with Gasteiger partial charge in [0.25, 0.3) is 0 Å². The van der Waals surface area contributed by atoms with E-state index in [0.29, 0.717) is 6.04 Å². The van der Waals surface area contributed by atoms with E-state index in [-0.39, 0.29) is 0 Å². The van der Waals surface area contributed by atoms with Crippen LogP contribution >= 0.6 is 0 Å². The molecule has 0 spiro atoms. The molecule has 3 rings (SSSR count). The summed E-state index contributed by atoms with van der Waals surface area (Å²) < 4.78 is 0. The molecule has 0 heterocycles. The number of hydrogen-bond donors (Lipinski definition) is 1. The Bertz CT molecular complexity index is 604. The van der Waals surface area contributed by atoms with Crippen molar-refractivity contribution in [3.8, 4) is 0 Å². The second-order valence-corrected chi connectivity index (χ2v) is 6.34. The van der Waals surface area contributed by atoms with Gasteiger partial charge >= 0.3 is 0 Å². The van der Waals surface area contributed by atoms with Crippen molar-refractivity contribution in [3.63, 3.8) is 0 Å². The second-order valence-electron chi connectivity index (χ2n) is 6.34. The molecule has 1 aliphatic carbocycles. The maximum Gasteiger partial charge on any atom is 0.0323 e. The van der Waals surface area contributed by atoms with E-state index in [4.69, 9.17) is 0 Å². The molecule has 0 aromatic heterocycles. The van der Waals surface area contributed by atoms with Crippen molar-refractivity contribution in [1.29, 1.82) is 0 Å². The molecule has 1 aliphatic rings. The van der Waals surface area contributed by atoms with E-state index in [1.807, 2.05) is 0 Å². The third-order valence-corrected chi connectivity index (χ3v) is 4.98. The molecule has 0 saturated heterocycles. The first-order valence-electron chi connectivity index (χ1n) is 8.55. The van der Waals surface area contributed by atoms with Crippen LogP contribution in [0.25, 0.3) is 10.8 Å². The third kappa shape index (κ3) is 2.85. The number of unbranched alkanes of at least 4 members (excludes halogenated alkanes) is 3. The predicted octanol–water partition coefficient (Wildman–Crippen LogP) is 5.17. The van der Waals surface area contributed by atoms with E-state index < -0.39 is 0 Å². The molecule has 21 heavy (non-hydrogen) atoms. The maximum absolute atomic E-state index is 3.55. The van der Waals surface area contributed by atoms with E-state index in [1.54, 1.807) is 16.5 Å². The van der Waals surface area contributed by atoms with Gasteiger partial charge in [0.2, 0.25) is 0 Å². The number of nitrogens with one attached hydrogen (secondary N) is 1. The van der Waals surface area contributed by atoms with Crippen molar-refractivity contribution in [2.75, 3.05) is 7.05 Å². The van der Waals surface area contributed by atoms with Crippen molar-refractivity contribution in [1.82, 2.24) is 5.32 Å². The Morgan fingerprint density at radius 2 is 1.81 bits per heavy atom. The van der Waals surface area contributed by atoms with E-state index >= 15 is 0 Å². The molecule has 1 unspecified atom stereocenters. The fourth-order valence-corrected chi connectivity index (χ4v) is 3.80. The minimum Gasteiger partial charge on any atom is -0.313 e. The van der Waals surface area contributed by atoms with Crippen LogP contribution in [0.15, 0.2) is 30.3 Å². The molecule has 1 nitrogen and oxygen atoms in total. The molecule has 2 aromatic carbocycles. The van der Waals surface area contributed by atoms with Crippen molar-refractivity contribution in [2.45, 2.75) is 57.9 Å². The summed E-state index contributed by atoms with van der Waals surface area (Å²) in [6, 6.07) is 12.1. The molecule has 0 fully saturated rings. The Morgan fingerprint density at radius 3 is 2.57 bits per heavy atom. The lowest BCUT2D eigenvalue weighted by molar-refractivity contribution is 0.507. The van der Waals surface area contributed by atoms with Crippen molar-refractivity contribution < 1.29 is 0 Å². The highest BCUT2D eigenvalue weighted by molar-refractivity contribution is 5.93. The fraction of sp³-hybridized carbons (Fsp3) is 0.500. The highest BCUT2D eigenvalue weighted by atomic mass is 14.9. The Hall–Kier alpha value is -1.34. The van der Waals surface area contributed by atoms with E-state index in [9.17, 15) is 0 Å². The highest BCUT2D eigenvalue weighted by Crippen LogP contribution is 2.36. The fourth-order valence-electron chi connectivity index (χ4n) is 3.80. The van der Waals surface area contributed by atoms with Gasteiger partial charge in [0.1, 0.15) is 0 Å². The second kappa shape index (κ2) is 6.62. The third-order valence-electron chi connectivity index (χ3n) is 4.98. The van der Waals surface area contributed by atoms with Gasteiger partial charge in [-0.3, -0.25) is 0 Å². The predicted molar refractivity (Wildman–Crippen MR) is 91.9 cm³/mol. The Morgan fingerprint density at radius 1 is 1.00 bits per heavy atom. The minimum absolute atomic E-state index is 0.492. The van der Waals surface area contributed by atoms with E-state index in [0.717, 1.165) is 0 Å². The van der Waals surface area contributed by atoms with Gasteiger partial charge in [0, 0.05) is 6.04 Å². The Balaban J connectivity index is 1.89. The molecule has 112 valence electrons. The van der Waals surface area contributed by atoms with Gasteiger partial charge in [0.05, 0.1) is 0 Å². The van der Waals surface area contributed by atoms with Gasteiger partial charge in [-0.2, -0.15) is 0 Å². The van der Waals surface area contributed by atoms with Crippen LogP contribution in [0.5, 0.6) is 0 Å². The number of rotatable bonds is 7. The average Bonchev–Trinajstić information content (AvgIpc) is 2.94. The molecule has 0 aliphatic heterocycles. The van der Waals surface area contributed by atoms with Gasteiger partial charge in [0.15, 0.2) is 0 Å². The standard InChI is InChI=1S/C20H27N/c1-3-4-5-6-10-19(21-2)17-14-13-16-12-11-15-8-7-9-18(17)20(15)16/h7-9,13-14,19,21H,3-6,10-12H2,1-2H3. The van der Waals surface area contributed by atoms with Crippen LogP contribution in [0, 0.1) is 0 Å². The number of aryl methyl sites for hydroxylation is 2. The van der Waals surface area contributed by atoms with Crippen LogP contribution in [0.3, 0.4) is 0 Å². The van der Waals surface area contributed by atoms with Crippen molar-refractivity contribution >= 4 is 10.8 Å². The van der Waals surface area contributed by atoms with Crippen LogP contribution in [-0.2, 0) is 12.8 Å². The van der Waals surface area contributed by atoms with Crippen LogP contribution in [0.1, 0.15) is 61.8 Å². The molecular weight excluding hydrogens is 254 g/mol. The molecule has 0 amide bonds. The number of hydrogen-bond acceptors (Lipinski definition) is 1. The molecule has 1 N–H and O–H groups in total.